The number of nitrogens with one attached hydrogen (secondary N) is 1. The van der Waals surface area contributed by atoms with Crippen molar-refractivity contribution in [1.82, 2.24) is 19.6 Å². The summed E-state index contributed by atoms with van der Waals surface area (Å²) in [6.45, 7) is 11.6. The molecule has 0 unspecified atom stereocenters. The van der Waals surface area contributed by atoms with Gasteiger partial charge in [-0.15, -0.1) is 10.2 Å². The Morgan fingerprint density at radius 1 is 1.21 bits per heavy atom. The number of anilines is 2. The molecule has 0 saturated heterocycles. The first kappa shape index (κ1) is 25.3. The number of rotatable bonds is 3. The van der Waals surface area contributed by atoms with Crippen LogP contribution in [0.2, 0.25) is 0 Å². The Balaban J connectivity index is 1.68. The third-order valence-corrected chi connectivity index (χ3v) is 6.31. The van der Waals surface area contributed by atoms with Crippen LogP contribution in [0.15, 0.2) is 42.7 Å². The van der Waals surface area contributed by atoms with Crippen molar-refractivity contribution in [3.63, 3.8) is 0 Å². The summed E-state index contributed by atoms with van der Waals surface area (Å²) in [6, 6.07) is 8.15. The lowest BCUT2D eigenvalue weighted by molar-refractivity contribution is 0.133. The number of hydrogen-bond acceptors (Lipinski definition) is 7. The van der Waals surface area contributed by atoms with E-state index in [1.54, 1.807) is 37.0 Å². The Morgan fingerprint density at radius 3 is 2.76 bits per heavy atom. The number of ether oxygens (including phenoxy) is 2. The molecule has 3 heterocycles. The molecule has 0 aliphatic carbocycles. The molecule has 0 bridgehead atoms. The van der Waals surface area contributed by atoms with E-state index in [9.17, 15) is 4.39 Å². The first-order valence-corrected chi connectivity index (χ1v) is 12.0. The van der Waals surface area contributed by atoms with Crippen molar-refractivity contribution in [2.45, 2.75) is 34.3 Å². The highest BCUT2D eigenvalue weighted by atomic mass is 19.2. The second-order valence-electron chi connectivity index (χ2n) is 9.59. The van der Waals surface area contributed by atoms with Crippen LogP contribution in [-0.2, 0) is 16.1 Å². The molecular weight excluding hydrogens is 490 g/mol. The monoisotopic (exact) mass is 516 g/mol. The summed E-state index contributed by atoms with van der Waals surface area (Å²) in [4.78, 5) is 6.43. The summed E-state index contributed by atoms with van der Waals surface area (Å²) >= 11 is 0. The second-order valence-corrected chi connectivity index (χ2v) is 9.59. The van der Waals surface area contributed by atoms with Gasteiger partial charge in [0.1, 0.15) is 17.1 Å². The lowest BCUT2D eigenvalue weighted by Gasteiger charge is -2.25. The standard InChI is InChI=1S/C28H26F2N6O2/c1-16(2)38-26(31)28(4,5)12-11-18-7-6-8-21-19(18)15-37-14-13-35(21)25-23-22(10-9-20(29)24(23)30)36-17(3)33-34-27(36)32-25/h6-10,31H,1,13-15H2,2-5H3. The van der Waals surface area contributed by atoms with E-state index in [1.807, 2.05) is 18.2 Å². The van der Waals surface area contributed by atoms with Gasteiger partial charge < -0.3 is 14.4 Å². The van der Waals surface area contributed by atoms with Gasteiger partial charge in [0.15, 0.2) is 11.6 Å². The van der Waals surface area contributed by atoms with Crippen LogP contribution in [0.3, 0.4) is 0 Å². The van der Waals surface area contributed by atoms with E-state index < -0.39 is 17.0 Å². The maximum absolute atomic E-state index is 15.4. The number of halogens is 2. The minimum absolute atomic E-state index is 0.0116. The molecule has 10 heteroatoms. The van der Waals surface area contributed by atoms with Gasteiger partial charge in [-0.25, -0.2) is 8.78 Å². The average Bonchev–Trinajstić information content (AvgIpc) is 3.11. The molecule has 194 valence electrons. The number of aromatic nitrogens is 4. The van der Waals surface area contributed by atoms with E-state index in [-0.39, 0.29) is 29.5 Å². The summed E-state index contributed by atoms with van der Waals surface area (Å²) < 4.78 is 42.7. The summed E-state index contributed by atoms with van der Waals surface area (Å²) in [7, 11) is 0. The van der Waals surface area contributed by atoms with E-state index in [0.29, 0.717) is 41.5 Å². The van der Waals surface area contributed by atoms with Gasteiger partial charge in [0.05, 0.1) is 29.9 Å². The zero-order valence-corrected chi connectivity index (χ0v) is 21.5. The Labute approximate surface area is 218 Å². The predicted octanol–water partition coefficient (Wildman–Crippen LogP) is 5.44. The summed E-state index contributed by atoms with van der Waals surface area (Å²) in [5, 5.41) is 16.5. The van der Waals surface area contributed by atoms with Gasteiger partial charge in [-0.3, -0.25) is 9.81 Å². The van der Waals surface area contributed by atoms with E-state index >= 15 is 4.39 Å². The minimum atomic E-state index is -1.000. The molecule has 5 rings (SSSR count). The van der Waals surface area contributed by atoms with Crippen molar-refractivity contribution in [2.24, 2.45) is 5.41 Å². The molecule has 0 spiro atoms. The first-order valence-electron chi connectivity index (χ1n) is 12.0. The van der Waals surface area contributed by atoms with Gasteiger partial charge in [0.2, 0.25) is 5.90 Å². The zero-order valence-electron chi connectivity index (χ0n) is 21.5. The highest BCUT2D eigenvalue weighted by Crippen LogP contribution is 2.37. The molecule has 0 amide bonds. The molecule has 38 heavy (non-hydrogen) atoms. The van der Waals surface area contributed by atoms with E-state index in [1.165, 1.54) is 6.07 Å². The SMILES string of the molecule is C=C(C)OC(=N)C(C)(C)C#Cc1cccc2c1COCCN2c1nc2nnc(C)n2c2ccc(F)c(F)c12. The van der Waals surface area contributed by atoms with Crippen molar-refractivity contribution in [1.29, 1.82) is 5.41 Å². The van der Waals surface area contributed by atoms with Crippen LogP contribution in [0, 0.1) is 41.2 Å². The van der Waals surface area contributed by atoms with Crippen LogP contribution in [0.5, 0.6) is 0 Å². The van der Waals surface area contributed by atoms with Crippen molar-refractivity contribution >= 4 is 34.1 Å². The number of benzene rings is 2. The normalized spacial score (nSPS) is 13.6. The third-order valence-electron chi connectivity index (χ3n) is 6.31. The van der Waals surface area contributed by atoms with E-state index in [0.717, 1.165) is 11.6 Å². The Morgan fingerprint density at radius 2 is 2.00 bits per heavy atom. The lowest BCUT2D eigenvalue weighted by atomic mass is 9.93. The van der Waals surface area contributed by atoms with Crippen molar-refractivity contribution < 1.29 is 18.3 Å². The predicted molar refractivity (Wildman–Crippen MR) is 140 cm³/mol. The Kier molecular flexibility index (Phi) is 6.33. The van der Waals surface area contributed by atoms with Crippen LogP contribution in [0.25, 0.3) is 16.7 Å². The van der Waals surface area contributed by atoms with Crippen LogP contribution in [-0.4, -0.2) is 38.6 Å². The zero-order chi connectivity index (χ0) is 27.2. The molecular formula is C28H26F2N6O2. The molecule has 4 aromatic rings. The van der Waals surface area contributed by atoms with Gasteiger partial charge in [0.25, 0.3) is 5.78 Å². The van der Waals surface area contributed by atoms with E-state index in [2.05, 4.69) is 33.6 Å². The van der Waals surface area contributed by atoms with Crippen LogP contribution < -0.4 is 4.90 Å². The van der Waals surface area contributed by atoms with Gasteiger partial charge in [-0.2, -0.15) is 4.98 Å². The average molecular weight is 517 g/mol. The highest BCUT2D eigenvalue weighted by molar-refractivity contribution is 5.94. The summed E-state index contributed by atoms with van der Waals surface area (Å²) in [5.74, 6) is 5.71. The summed E-state index contributed by atoms with van der Waals surface area (Å²) in [6.07, 6.45) is 0. The molecule has 0 fully saturated rings. The lowest BCUT2D eigenvalue weighted by Crippen LogP contribution is -2.24. The van der Waals surface area contributed by atoms with Gasteiger partial charge in [0, 0.05) is 23.4 Å². The van der Waals surface area contributed by atoms with Crippen molar-refractivity contribution in [3.8, 4) is 11.8 Å². The molecule has 0 radical (unpaired) electrons. The fraction of sp³-hybridized carbons (Fsp3) is 0.286. The highest BCUT2D eigenvalue weighted by Gasteiger charge is 2.27. The molecule has 1 aliphatic heterocycles. The first-order chi connectivity index (χ1) is 18.1. The third kappa shape index (κ3) is 4.35. The molecule has 0 atom stereocenters. The van der Waals surface area contributed by atoms with Gasteiger partial charge >= 0.3 is 0 Å². The molecule has 2 aromatic heterocycles. The van der Waals surface area contributed by atoms with Gasteiger partial charge in [-0.05, 0) is 52.0 Å². The Bertz CT molecular complexity index is 1680. The largest absolute Gasteiger partial charge is 0.447 e. The van der Waals surface area contributed by atoms with E-state index in [4.69, 9.17) is 14.9 Å². The molecule has 8 nitrogen and oxygen atoms in total. The van der Waals surface area contributed by atoms with Crippen LogP contribution in [0.4, 0.5) is 20.3 Å². The summed E-state index contributed by atoms with van der Waals surface area (Å²) in [5.41, 5.74) is 1.69. The topological polar surface area (TPSA) is 88.6 Å². The minimum Gasteiger partial charge on any atom is -0.447 e. The molecule has 2 aromatic carbocycles. The number of allylic oxidation sites excluding steroid dienone is 1. The van der Waals surface area contributed by atoms with Gasteiger partial charge in [-0.1, -0.05) is 24.5 Å². The molecule has 0 saturated carbocycles. The number of nitrogens with zero attached hydrogens (tertiary/aromatic N) is 5. The molecule has 1 aliphatic rings. The fourth-order valence-corrected chi connectivity index (χ4v) is 4.34. The fourth-order valence-electron chi connectivity index (χ4n) is 4.34. The van der Waals surface area contributed by atoms with Crippen LogP contribution >= 0.6 is 0 Å². The quantitative estimate of drug-likeness (QED) is 0.169. The van der Waals surface area contributed by atoms with Crippen molar-refractivity contribution in [2.75, 3.05) is 18.1 Å². The van der Waals surface area contributed by atoms with Crippen LogP contribution in [0.1, 0.15) is 37.7 Å². The number of hydrogen-bond donors (Lipinski definition) is 1. The maximum Gasteiger partial charge on any atom is 0.257 e. The Hall–Kier alpha value is -4.36. The number of fused-ring (bicyclic) bond motifs is 4. The smallest absolute Gasteiger partial charge is 0.257 e. The second kappa shape index (κ2) is 9.50. The molecule has 1 N–H and O–H groups in total. The maximum atomic E-state index is 15.4. The number of aryl methyl sites for hydroxylation is 1. The van der Waals surface area contributed by atoms with Crippen molar-refractivity contribution in [3.05, 3.63) is 71.3 Å².